The minimum Gasteiger partial charge on any atom is -0.383 e. The monoisotopic (exact) mass is 381 g/mol. The van der Waals surface area contributed by atoms with Crippen molar-refractivity contribution >= 4 is 22.6 Å². The lowest BCUT2D eigenvalue weighted by Crippen LogP contribution is -2.43. The van der Waals surface area contributed by atoms with Crippen molar-refractivity contribution in [2.24, 2.45) is 0 Å². The van der Waals surface area contributed by atoms with Gasteiger partial charge in [-0.25, -0.2) is 14.4 Å². The number of nitrogens with two attached hydrogens (primary N) is 1. The first-order valence-electron chi connectivity index (χ1n) is 8.91. The van der Waals surface area contributed by atoms with Gasteiger partial charge in [-0.2, -0.15) is 0 Å². The van der Waals surface area contributed by atoms with Crippen LogP contribution in [0.4, 0.5) is 10.2 Å². The van der Waals surface area contributed by atoms with E-state index in [4.69, 9.17) is 10.5 Å². The summed E-state index contributed by atoms with van der Waals surface area (Å²) in [6.07, 6.45) is 1.29. The van der Waals surface area contributed by atoms with Crippen LogP contribution in [0.3, 0.4) is 0 Å². The molecule has 2 heterocycles. The molecule has 0 unspecified atom stereocenters. The van der Waals surface area contributed by atoms with E-state index in [9.17, 15) is 9.18 Å². The van der Waals surface area contributed by atoms with Gasteiger partial charge in [-0.3, -0.25) is 4.79 Å². The number of amides is 1. The average molecular weight is 381 g/mol. The highest BCUT2D eigenvalue weighted by molar-refractivity contribution is 5.97. The Labute approximate surface area is 161 Å². The highest BCUT2D eigenvalue weighted by Crippen LogP contribution is 2.27. The maximum absolute atomic E-state index is 14.3. The summed E-state index contributed by atoms with van der Waals surface area (Å²) in [6.45, 7) is 1.27. The number of nitrogens with zero attached hydrogens (tertiary/aromatic N) is 2. The first-order chi connectivity index (χ1) is 13.5. The largest absolute Gasteiger partial charge is 0.383 e. The van der Waals surface area contributed by atoms with E-state index in [0.717, 1.165) is 5.56 Å². The van der Waals surface area contributed by atoms with Crippen molar-refractivity contribution in [3.05, 3.63) is 54.1 Å². The van der Waals surface area contributed by atoms with Crippen molar-refractivity contribution in [3.8, 4) is 11.1 Å². The predicted octanol–water partition coefficient (Wildman–Crippen LogP) is 1.73. The van der Waals surface area contributed by atoms with Crippen molar-refractivity contribution in [2.75, 3.05) is 25.9 Å². The maximum atomic E-state index is 14.3. The number of carbonyl (C=O) groups is 1. The van der Waals surface area contributed by atoms with E-state index < -0.39 is 5.82 Å². The summed E-state index contributed by atoms with van der Waals surface area (Å²) in [5, 5.41) is 6.75. The minimum absolute atomic E-state index is 0.111. The Morgan fingerprint density at radius 1 is 1.21 bits per heavy atom. The third-order valence-electron chi connectivity index (χ3n) is 4.94. The first kappa shape index (κ1) is 18.3. The third kappa shape index (κ3) is 3.51. The fourth-order valence-corrected chi connectivity index (χ4v) is 3.44. The number of aromatic nitrogens is 2. The van der Waals surface area contributed by atoms with E-state index in [2.05, 4.69) is 20.6 Å². The zero-order chi connectivity index (χ0) is 19.7. The van der Waals surface area contributed by atoms with Gasteiger partial charge >= 0.3 is 0 Å². The number of carbonyl (C=O) groups excluding carboxylic acids is 1. The Bertz CT molecular complexity index is 1040. The molecule has 4 N–H and O–H groups in total. The zero-order valence-corrected chi connectivity index (χ0v) is 15.3. The molecule has 28 heavy (non-hydrogen) atoms. The van der Waals surface area contributed by atoms with E-state index in [0.29, 0.717) is 35.4 Å². The molecule has 1 aliphatic rings. The van der Waals surface area contributed by atoms with Crippen molar-refractivity contribution in [3.63, 3.8) is 0 Å². The quantitative estimate of drug-likeness (QED) is 0.636. The summed E-state index contributed by atoms with van der Waals surface area (Å²) in [5.74, 6) is -0.492. The summed E-state index contributed by atoms with van der Waals surface area (Å²) in [4.78, 5) is 20.8. The van der Waals surface area contributed by atoms with Crippen LogP contribution < -0.4 is 16.4 Å². The minimum atomic E-state index is -0.493. The van der Waals surface area contributed by atoms with Crippen molar-refractivity contribution in [1.82, 2.24) is 20.6 Å². The molecule has 1 amide bonds. The molecule has 4 rings (SSSR count). The normalized spacial score (nSPS) is 19.1. The van der Waals surface area contributed by atoms with Crippen LogP contribution in [0.1, 0.15) is 10.4 Å². The maximum Gasteiger partial charge on any atom is 0.251 e. The molecule has 1 fully saturated rings. The Morgan fingerprint density at radius 2 is 2.07 bits per heavy atom. The Hall–Kier alpha value is -3.10. The van der Waals surface area contributed by atoms with Crippen molar-refractivity contribution in [1.29, 1.82) is 0 Å². The lowest BCUT2D eigenvalue weighted by Gasteiger charge is -2.18. The lowest BCUT2D eigenvalue weighted by molar-refractivity contribution is 0.0779. The second-order valence-corrected chi connectivity index (χ2v) is 6.73. The van der Waals surface area contributed by atoms with Gasteiger partial charge in [0.25, 0.3) is 5.91 Å². The second kappa shape index (κ2) is 7.49. The van der Waals surface area contributed by atoms with Crippen molar-refractivity contribution in [2.45, 2.75) is 12.1 Å². The van der Waals surface area contributed by atoms with Gasteiger partial charge in [0.15, 0.2) is 0 Å². The number of methoxy groups -OCH3 is 1. The third-order valence-corrected chi connectivity index (χ3v) is 4.94. The molecule has 8 heteroatoms. The summed E-state index contributed by atoms with van der Waals surface area (Å²) >= 11 is 0. The van der Waals surface area contributed by atoms with E-state index in [1.807, 2.05) is 6.07 Å². The SMILES string of the molecule is CO[C@H]1CNC[C@@H]1NC(=O)c1cc(F)cc(-c2ccc3ncnc(N)c3c2)c1. The molecule has 0 saturated carbocycles. The van der Waals surface area contributed by atoms with E-state index in [1.165, 1.54) is 18.5 Å². The van der Waals surface area contributed by atoms with E-state index in [1.54, 1.807) is 25.3 Å². The number of hydrogen-bond donors (Lipinski definition) is 3. The van der Waals surface area contributed by atoms with Crippen LogP contribution in [0.25, 0.3) is 22.0 Å². The Kier molecular flexibility index (Phi) is 4.89. The number of hydrogen-bond acceptors (Lipinski definition) is 6. The molecule has 2 atom stereocenters. The number of halogens is 1. The molecule has 1 saturated heterocycles. The number of fused-ring (bicyclic) bond motifs is 1. The number of nitrogens with one attached hydrogen (secondary N) is 2. The van der Waals surface area contributed by atoms with Crippen LogP contribution >= 0.6 is 0 Å². The van der Waals surface area contributed by atoms with Gasteiger partial charge in [0.2, 0.25) is 0 Å². The van der Waals surface area contributed by atoms with Gasteiger partial charge in [0.1, 0.15) is 18.0 Å². The van der Waals surface area contributed by atoms with E-state index in [-0.39, 0.29) is 23.6 Å². The number of ether oxygens (including phenoxy) is 1. The predicted molar refractivity (Wildman–Crippen MR) is 104 cm³/mol. The number of anilines is 1. The Morgan fingerprint density at radius 3 is 2.89 bits per heavy atom. The van der Waals surface area contributed by atoms with Crippen LogP contribution in [0.5, 0.6) is 0 Å². The molecule has 0 bridgehead atoms. The molecule has 144 valence electrons. The molecular formula is C20H20FN5O2. The van der Waals surface area contributed by atoms with Gasteiger partial charge < -0.3 is 21.1 Å². The number of benzene rings is 2. The molecule has 3 aromatic rings. The van der Waals surface area contributed by atoms with Gasteiger partial charge in [-0.05, 0) is 41.5 Å². The molecule has 1 aliphatic heterocycles. The van der Waals surface area contributed by atoms with Crippen LogP contribution in [-0.4, -0.2) is 48.2 Å². The molecule has 7 nitrogen and oxygen atoms in total. The second-order valence-electron chi connectivity index (χ2n) is 6.73. The molecule has 0 radical (unpaired) electrons. The summed E-state index contributed by atoms with van der Waals surface area (Å²) in [6, 6.07) is 9.50. The lowest BCUT2D eigenvalue weighted by atomic mass is 10.0. The summed E-state index contributed by atoms with van der Waals surface area (Å²) < 4.78 is 19.6. The van der Waals surface area contributed by atoms with Gasteiger partial charge in [-0.1, -0.05) is 6.07 Å². The van der Waals surface area contributed by atoms with Gasteiger partial charge in [0, 0.05) is 31.1 Å². The van der Waals surface area contributed by atoms with Gasteiger partial charge in [0.05, 0.1) is 17.7 Å². The summed E-state index contributed by atoms with van der Waals surface area (Å²) in [5.41, 5.74) is 8.16. The molecule has 0 aliphatic carbocycles. The fourth-order valence-electron chi connectivity index (χ4n) is 3.44. The zero-order valence-electron chi connectivity index (χ0n) is 15.3. The fraction of sp³-hybridized carbons (Fsp3) is 0.250. The molecule has 1 aromatic heterocycles. The van der Waals surface area contributed by atoms with Crippen LogP contribution in [0, 0.1) is 5.82 Å². The highest BCUT2D eigenvalue weighted by Gasteiger charge is 2.28. The topological polar surface area (TPSA) is 102 Å². The van der Waals surface area contributed by atoms with Crippen molar-refractivity contribution < 1.29 is 13.9 Å². The number of rotatable bonds is 4. The molecule has 2 aromatic carbocycles. The van der Waals surface area contributed by atoms with E-state index >= 15 is 0 Å². The highest BCUT2D eigenvalue weighted by atomic mass is 19.1. The Balaban J connectivity index is 1.65. The first-order valence-corrected chi connectivity index (χ1v) is 8.91. The van der Waals surface area contributed by atoms with Crippen LogP contribution in [0.2, 0.25) is 0 Å². The summed E-state index contributed by atoms with van der Waals surface area (Å²) in [7, 11) is 1.60. The van der Waals surface area contributed by atoms with Gasteiger partial charge in [-0.15, -0.1) is 0 Å². The number of nitrogen functional groups attached to an aromatic ring is 1. The molecule has 0 spiro atoms. The standard InChI is InChI=1S/C20H20FN5O2/c1-28-18-9-23-8-17(18)26-20(27)13-4-12(5-14(21)6-13)11-2-3-16-15(7-11)19(22)25-10-24-16/h2-7,10,17-18,23H,8-9H2,1H3,(H,26,27)(H2,22,24,25)/t17-,18-/m0/s1. The van der Waals surface area contributed by atoms with Crippen LogP contribution in [-0.2, 0) is 4.74 Å². The smallest absolute Gasteiger partial charge is 0.251 e. The average Bonchev–Trinajstić information content (AvgIpc) is 3.14. The molecular weight excluding hydrogens is 361 g/mol. The van der Waals surface area contributed by atoms with Crippen LogP contribution in [0.15, 0.2) is 42.7 Å².